The van der Waals surface area contributed by atoms with Crippen LogP contribution in [0.25, 0.3) is 0 Å². The lowest BCUT2D eigenvalue weighted by Gasteiger charge is -2.32. The van der Waals surface area contributed by atoms with Crippen molar-refractivity contribution in [1.29, 1.82) is 0 Å². The fraction of sp³-hybridized carbons (Fsp3) is 0.750. The molecule has 1 aromatic heterocycles. The first-order chi connectivity index (χ1) is 9.53. The van der Waals surface area contributed by atoms with Gasteiger partial charge in [-0.3, -0.25) is 0 Å². The second-order valence-electron chi connectivity index (χ2n) is 5.24. The van der Waals surface area contributed by atoms with Crippen LogP contribution in [0.4, 0.5) is 0 Å². The topological polar surface area (TPSA) is 90.1 Å². The third-order valence-corrected chi connectivity index (χ3v) is 5.23. The van der Waals surface area contributed by atoms with E-state index in [-0.39, 0.29) is 6.04 Å². The molecule has 7 nitrogen and oxygen atoms in total. The van der Waals surface area contributed by atoms with Crippen molar-refractivity contribution < 1.29 is 8.42 Å². The number of H-pyrrole nitrogens is 1. The van der Waals surface area contributed by atoms with Crippen LogP contribution in [-0.4, -0.2) is 49.4 Å². The predicted octanol–water partition coefficient (Wildman–Crippen LogP) is 0.237. The molecule has 114 valence electrons. The molecule has 0 radical (unpaired) electrons. The summed E-state index contributed by atoms with van der Waals surface area (Å²) in [6.45, 7) is 3.78. The summed E-state index contributed by atoms with van der Waals surface area (Å²) in [6.07, 6.45) is 5.27. The zero-order valence-corrected chi connectivity index (χ0v) is 12.8. The highest BCUT2D eigenvalue weighted by Crippen LogP contribution is 2.19. The Labute approximate surface area is 120 Å². The fourth-order valence-corrected chi connectivity index (χ4v) is 4.05. The van der Waals surface area contributed by atoms with E-state index in [1.165, 1.54) is 4.31 Å². The fourth-order valence-electron chi connectivity index (χ4n) is 2.57. The summed E-state index contributed by atoms with van der Waals surface area (Å²) >= 11 is 0. The molecular weight excluding hydrogens is 278 g/mol. The van der Waals surface area contributed by atoms with Gasteiger partial charge in [-0.15, -0.1) is 0 Å². The maximum atomic E-state index is 12.4. The van der Waals surface area contributed by atoms with Crippen LogP contribution < -0.4 is 10.0 Å². The van der Waals surface area contributed by atoms with Crippen LogP contribution >= 0.6 is 0 Å². The molecule has 1 saturated heterocycles. The third kappa shape index (κ3) is 3.78. The molecule has 1 fully saturated rings. The largest absolute Gasteiger partial charge is 0.347 e. The van der Waals surface area contributed by atoms with Gasteiger partial charge in [0.1, 0.15) is 5.82 Å². The number of aromatic nitrogens is 2. The van der Waals surface area contributed by atoms with E-state index in [4.69, 9.17) is 0 Å². The number of hydrogen-bond acceptors (Lipinski definition) is 4. The van der Waals surface area contributed by atoms with E-state index in [9.17, 15) is 8.42 Å². The second-order valence-corrected chi connectivity index (χ2v) is 6.95. The summed E-state index contributed by atoms with van der Waals surface area (Å²) in [5.41, 5.74) is 0. The van der Waals surface area contributed by atoms with E-state index in [2.05, 4.69) is 20.0 Å². The molecule has 8 heteroatoms. The Morgan fingerprint density at radius 3 is 3.05 bits per heavy atom. The summed E-state index contributed by atoms with van der Waals surface area (Å²) in [6, 6.07) is -0.361. The first kappa shape index (κ1) is 15.4. The van der Waals surface area contributed by atoms with Crippen molar-refractivity contribution in [3.8, 4) is 0 Å². The second kappa shape index (κ2) is 6.66. The van der Waals surface area contributed by atoms with Crippen LogP contribution in [0.15, 0.2) is 12.4 Å². The van der Waals surface area contributed by atoms with Crippen LogP contribution in [0.2, 0.25) is 0 Å². The molecule has 0 spiro atoms. The maximum Gasteiger partial charge on any atom is 0.280 e. The summed E-state index contributed by atoms with van der Waals surface area (Å²) in [4.78, 5) is 7.00. The average Bonchev–Trinajstić information content (AvgIpc) is 2.93. The van der Waals surface area contributed by atoms with Crippen molar-refractivity contribution in [2.45, 2.75) is 25.8 Å². The van der Waals surface area contributed by atoms with Gasteiger partial charge in [0.2, 0.25) is 0 Å². The SMILES string of the molecule is CNCC1CCCN(S(=O)(=O)NC(C)c2ncc[nH]2)C1. The van der Waals surface area contributed by atoms with Gasteiger partial charge in [0.15, 0.2) is 0 Å². The molecule has 0 aromatic carbocycles. The minimum Gasteiger partial charge on any atom is -0.347 e. The number of nitrogens with one attached hydrogen (secondary N) is 3. The number of aromatic amines is 1. The predicted molar refractivity (Wildman–Crippen MR) is 77.3 cm³/mol. The minimum atomic E-state index is -3.46. The lowest BCUT2D eigenvalue weighted by atomic mass is 10.00. The van der Waals surface area contributed by atoms with Gasteiger partial charge in [-0.1, -0.05) is 0 Å². The van der Waals surface area contributed by atoms with Crippen LogP contribution in [0.1, 0.15) is 31.6 Å². The van der Waals surface area contributed by atoms with Crippen molar-refractivity contribution in [1.82, 2.24) is 24.3 Å². The smallest absolute Gasteiger partial charge is 0.280 e. The quantitative estimate of drug-likeness (QED) is 0.702. The van der Waals surface area contributed by atoms with Gasteiger partial charge in [-0.05, 0) is 39.3 Å². The molecule has 0 amide bonds. The Hall–Kier alpha value is -0.960. The van der Waals surface area contributed by atoms with Crippen LogP contribution in [0.5, 0.6) is 0 Å². The lowest BCUT2D eigenvalue weighted by molar-refractivity contribution is 0.259. The highest BCUT2D eigenvalue weighted by Gasteiger charge is 2.30. The number of piperidine rings is 1. The Morgan fingerprint density at radius 1 is 1.60 bits per heavy atom. The monoisotopic (exact) mass is 301 g/mol. The molecule has 3 N–H and O–H groups in total. The van der Waals surface area contributed by atoms with E-state index in [1.807, 2.05) is 7.05 Å². The van der Waals surface area contributed by atoms with Gasteiger partial charge < -0.3 is 10.3 Å². The Morgan fingerprint density at radius 2 is 2.40 bits per heavy atom. The first-order valence-electron chi connectivity index (χ1n) is 6.94. The average molecular weight is 301 g/mol. The molecule has 0 saturated carbocycles. The van der Waals surface area contributed by atoms with Crippen molar-refractivity contribution in [2.75, 3.05) is 26.7 Å². The summed E-state index contributed by atoms with van der Waals surface area (Å²) in [5.74, 6) is 1.00. The van der Waals surface area contributed by atoms with Gasteiger partial charge in [0.25, 0.3) is 10.2 Å². The van der Waals surface area contributed by atoms with Crippen molar-refractivity contribution in [2.24, 2.45) is 5.92 Å². The zero-order chi connectivity index (χ0) is 14.6. The van der Waals surface area contributed by atoms with Gasteiger partial charge in [0.05, 0.1) is 6.04 Å². The number of imidazole rings is 1. The van der Waals surface area contributed by atoms with Gasteiger partial charge in [-0.25, -0.2) is 4.98 Å². The van der Waals surface area contributed by atoms with E-state index >= 15 is 0 Å². The molecule has 0 aliphatic carbocycles. The van der Waals surface area contributed by atoms with Crippen LogP contribution in [0, 0.1) is 5.92 Å². The first-order valence-corrected chi connectivity index (χ1v) is 8.38. The molecule has 0 bridgehead atoms. The highest BCUT2D eigenvalue weighted by molar-refractivity contribution is 7.87. The Kier molecular flexibility index (Phi) is 5.14. The van der Waals surface area contributed by atoms with Crippen molar-refractivity contribution in [3.63, 3.8) is 0 Å². The molecular formula is C12H23N5O2S. The zero-order valence-electron chi connectivity index (χ0n) is 12.0. The standard InChI is InChI=1S/C12H23N5O2S/c1-10(12-14-5-6-15-12)16-20(18,19)17-7-3-4-11(9-17)8-13-2/h5-6,10-11,13,16H,3-4,7-9H2,1-2H3,(H,14,15). The molecule has 2 atom stereocenters. The molecule has 2 rings (SSSR count). The minimum absolute atomic E-state index is 0.361. The number of rotatable bonds is 6. The molecule has 2 heterocycles. The Balaban J connectivity index is 1.99. The molecule has 1 aliphatic rings. The number of nitrogens with zero attached hydrogens (tertiary/aromatic N) is 2. The van der Waals surface area contributed by atoms with Crippen LogP contribution in [-0.2, 0) is 10.2 Å². The van der Waals surface area contributed by atoms with Gasteiger partial charge in [0, 0.05) is 25.5 Å². The maximum absolute atomic E-state index is 12.4. The normalized spacial score (nSPS) is 22.8. The lowest BCUT2D eigenvalue weighted by Crippen LogP contribution is -2.48. The van der Waals surface area contributed by atoms with Crippen molar-refractivity contribution >= 4 is 10.2 Å². The summed E-state index contributed by atoms with van der Waals surface area (Å²) < 4.78 is 29.0. The van der Waals surface area contributed by atoms with E-state index in [0.29, 0.717) is 24.8 Å². The van der Waals surface area contributed by atoms with Gasteiger partial charge in [-0.2, -0.15) is 17.4 Å². The molecule has 2 unspecified atom stereocenters. The third-order valence-electron chi connectivity index (χ3n) is 3.57. The Bertz CT molecular complexity index is 500. The molecule has 20 heavy (non-hydrogen) atoms. The summed E-state index contributed by atoms with van der Waals surface area (Å²) in [7, 11) is -1.57. The highest BCUT2D eigenvalue weighted by atomic mass is 32.2. The summed E-state index contributed by atoms with van der Waals surface area (Å²) in [5, 5.41) is 3.12. The van der Waals surface area contributed by atoms with Crippen LogP contribution in [0.3, 0.4) is 0 Å². The van der Waals surface area contributed by atoms with E-state index in [1.54, 1.807) is 19.3 Å². The van der Waals surface area contributed by atoms with E-state index < -0.39 is 10.2 Å². The van der Waals surface area contributed by atoms with Crippen molar-refractivity contribution in [3.05, 3.63) is 18.2 Å². The molecule has 1 aromatic rings. The molecule has 1 aliphatic heterocycles. The number of hydrogen-bond donors (Lipinski definition) is 3. The van der Waals surface area contributed by atoms with E-state index in [0.717, 1.165) is 19.4 Å². The van der Waals surface area contributed by atoms with Gasteiger partial charge >= 0.3 is 0 Å².